The Morgan fingerprint density at radius 3 is 0.570 bits per heavy atom. The molecular weight excluding hydrogens is 1980 g/mol. The number of hydrogen-bond acceptors (Lipinski definition) is 0. The molecular formula is C84H17AlF49N. The average molecular weight is 2000 g/mol. The Labute approximate surface area is 708 Å². The molecule has 0 aliphatic rings. The van der Waals surface area contributed by atoms with Crippen LogP contribution in [0.5, 0.6) is 0 Å². The van der Waals surface area contributed by atoms with Gasteiger partial charge < -0.3 is 0 Å². The quantitative estimate of drug-likeness (QED) is 0.0253. The van der Waals surface area contributed by atoms with Crippen LogP contribution in [0.3, 0.4) is 0 Å². The second-order valence-corrected chi connectivity index (χ2v) is 33.7. The van der Waals surface area contributed by atoms with Crippen LogP contribution in [0.25, 0.3) is 140 Å². The summed E-state index contributed by atoms with van der Waals surface area (Å²) in [5.41, 5.74) is -2.95. The van der Waals surface area contributed by atoms with Crippen molar-refractivity contribution >= 4 is 160 Å². The maximum Gasteiger partial charge on any atom is 0.514 e. The van der Waals surface area contributed by atoms with Crippen molar-refractivity contribution < 1.29 is 220 Å². The van der Waals surface area contributed by atoms with Crippen molar-refractivity contribution in [3.63, 3.8) is 0 Å². The Morgan fingerprint density at radius 2 is 0.363 bits per heavy atom. The molecule has 0 bridgehead atoms. The lowest BCUT2D eigenvalue weighted by molar-refractivity contribution is -0.810. The molecule has 704 valence electrons. The van der Waals surface area contributed by atoms with Crippen LogP contribution in [0.4, 0.5) is 215 Å². The minimum atomic E-state index is -10.9. The van der Waals surface area contributed by atoms with Crippen molar-refractivity contribution in [2.75, 3.05) is 6.54 Å². The molecule has 0 unspecified atom stereocenters. The van der Waals surface area contributed by atoms with E-state index < -0.39 is 439 Å². The summed E-state index contributed by atoms with van der Waals surface area (Å²) in [6, 6.07) is -3.98. The van der Waals surface area contributed by atoms with E-state index in [0.29, 0.717) is 25.0 Å². The molecule has 0 atom stereocenters. The molecule has 0 fully saturated rings. The molecule has 0 radical (unpaired) electrons. The molecule has 0 amide bonds. The average Bonchev–Trinajstić information content (AvgIpc) is 0.638. The summed E-state index contributed by atoms with van der Waals surface area (Å²) in [5.74, 6) is -146. The third-order valence-corrected chi connectivity index (χ3v) is 28.7. The minimum absolute atomic E-state index is 0.0582. The number of unbranched alkanes of at least 4 members (excludes halogenated alkanes) is 3. The largest absolute Gasteiger partial charge is 0.514 e. The van der Waals surface area contributed by atoms with E-state index in [9.17, 15) is 57.1 Å². The number of halogens is 49. The SMILES string of the molecule is CCCCCC[NH2+]C(F)(F)C(F)(F)F.Fc1c(F)c2c(F)c(F)c3c(F)c(F)[c]([Al-]([c]4c(F)c(F)c5c(F)c(F)c6c(F)c(F)c(F)c7c(F)c(F)c4c5c67)([c]4c(F)c(F)c5c(F)c(F)c6c(F)c(F)c(F)c7c(F)c(F)c4c5c67)[c]4c(F)c(F)c5c(F)c(F)c6c(F)c(F)c(F)c7c(F)c(F)c4c5c67)c4c(F)c(F)c(c1F)c2c34.Fc1ccc(-c2c(F)c(F)c(F)c(F)c2F)c(F)c1F. The fourth-order valence-electron chi connectivity index (χ4n) is 17.6. The van der Waals surface area contributed by atoms with Gasteiger partial charge in [0.25, 0.3) is 13.1 Å². The monoisotopic (exact) mass is 2000 g/mol. The van der Waals surface area contributed by atoms with Gasteiger partial charge in [0.15, 0.2) is 227 Å². The van der Waals surface area contributed by atoms with E-state index in [0.717, 1.165) is 12.8 Å². The molecule has 0 saturated heterocycles. The molecule has 0 saturated carbocycles. The van der Waals surface area contributed by atoms with Gasteiger partial charge in [0.05, 0.1) is 76.7 Å². The van der Waals surface area contributed by atoms with E-state index >= 15 is 158 Å². The summed E-state index contributed by atoms with van der Waals surface area (Å²) in [5, 5.41) is -70.7. The maximum atomic E-state index is 19.4. The first kappa shape index (κ1) is 95.3. The summed E-state index contributed by atoms with van der Waals surface area (Å²) in [6.07, 6.45) is -2.57. The zero-order chi connectivity index (χ0) is 99.9. The van der Waals surface area contributed by atoms with E-state index in [-0.39, 0.29) is 11.9 Å². The number of quaternary nitrogens is 1. The van der Waals surface area contributed by atoms with Crippen LogP contribution in [0.2, 0.25) is 0 Å². The van der Waals surface area contributed by atoms with Crippen LogP contribution >= 0.6 is 0 Å². The van der Waals surface area contributed by atoms with Crippen molar-refractivity contribution in [3.05, 3.63) is 268 Å². The second kappa shape index (κ2) is 31.6. The standard InChI is InChI=1S/4C16F9.C12H2F8.C8H14F5N.Al/c4*17-3-1-2-4-5-7(11(20)9(2)18)14(23)16(25)15(24)8(5)13(22)12(21)6(4)10(3)19;13-4-2-1-3(6(14)7(4)15)5-8(16)10(18)12(20)11(19)9(5)17;1-2-3-4-5-6-14-8(12,13)7(9,10)11;/h;;;;1-2H;14H,2-6H2,1H3;/q;;;;;;-1/p+1. The number of nitrogens with two attached hydrogens (primary N) is 1. The molecule has 51 heteroatoms. The summed E-state index contributed by atoms with van der Waals surface area (Å²) < 4.78 is 770. The first-order valence-electron chi connectivity index (χ1n) is 36.5. The van der Waals surface area contributed by atoms with Gasteiger partial charge in [0.2, 0.25) is 5.82 Å². The fraction of sp³-hybridized carbons (Fsp3) is 0.0952. The van der Waals surface area contributed by atoms with Crippen LogP contribution < -0.4 is 23.0 Å². The number of alkyl halides is 5. The van der Waals surface area contributed by atoms with Gasteiger partial charge in [-0.1, -0.05) is 19.8 Å². The highest BCUT2D eigenvalue weighted by Crippen LogP contribution is 2.54. The zero-order valence-corrected chi connectivity index (χ0v) is 64.5. The Bertz CT molecular complexity index is 7490. The Hall–Kier alpha value is -12.8. The third kappa shape index (κ3) is 12.1. The zero-order valence-electron chi connectivity index (χ0n) is 63.4. The number of rotatable bonds is 11. The van der Waals surface area contributed by atoms with Gasteiger partial charge >= 0.3 is 12.2 Å². The summed E-state index contributed by atoms with van der Waals surface area (Å²) >= 11 is -10.9. The van der Waals surface area contributed by atoms with Gasteiger partial charge in [-0.05, 0) is 46.5 Å². The highest BCUT2D eigenvalue weighted by atomic mass is 27.2. The topological polar surface area (TPSA) is 16.6 Å². The van der Waals surface area contributed by atoms with E-state index in [1.807, 2.05) is 6.92 Å². The number of benzene rings is 18. The van der Waals surface area contributed by atoms with Crippen molar-refractivity contribution in [2.45, 2.75) is 44.8 Å². The highest BCUT2D eigenvalue weighted by molar-refractivity contribution is 7.23. The van der Waals surface area contributed by atoms with Gasteiger partial charge in [0.1, 0.15) is 23.3 Å². The molecule has 0 heterocycles. The van der Waals surface area contributed by atoms with Gasteiger partial charge in [-0.25, -0.2) is 193 Å². The lowest BCUT2D eigenvalue weighted by atomic mass is 9.90. The van der Waals surface area contributed by atoms with Crippen molar-refractivity contribution in [2.24, 2.45) is 0 Å². The summed E-state index contributed by atoms with van der Waals surface area (Å²) in [6.45, 7) is 1.75. The molecule has 135 heavy (non-hydrogen) atoms. The first-order valence-corrected chi connectivity index (χ1v) is 38.8. The lowest BCUT2D eigenvalue weighted by Gasteiger charge is -2.45. The Morgan fingerprint density at radius 1 is 0.185 bits per heavy atom. The minimum Gasteiger partial charge on any atom is -0.277 e. The lowest BCUT2D eigenvalue weighted by Crippen LogP contribution is -2.97. The van der Waals surface area contributed by atoms with Crippen LogP contribution in [0.1, 0.15) is 32.6 Å². The molecule has 0 aromatic heterocycles. The molecule has 0 spiro atoms. The fourth-order valence-corrected chi connectivity index (χ4v) is 24.2. The normalized spacial score (nSPS) is 12.7. The molecule has 18 rings (SSSR count). The van der Waals surface area contributed by atoms with Crippen LogP contribution in [-0.2, 0) is 0 Å². The molecule has 18 aromatic rings. The van der Waals surface area contributed by atoms with Gasteiger partial charge in [-0.3, -0.25) is 5.32 Å². The van der Waals surface area contributed by atoms with Crippen LogP contribution in [-0.4, -0.2) is 31.8 Å². The van der Waals surface area contributed by atoms with Crippen molar-refractivity contribution in [1.82, 2.24) is 0 Å². The first-order chi connectivity index (χ1) is 62.9. The van der Waals surface area contributed by atoms with E-state index in [4.69, 9.17) is 0 Å². The van der Waals surface area contributed by atoms with E-state index in [1.54, 1.807) is 0 Å². The van der Waals surface area contributed by atoms with Crippen LogP contribution in [0, 0.1) is 256 Å². The maximum absolute atomic E-state index is 19.4. The predicted molar refractivity (Wildman–Crippen MR) is 377 cm³/mol. The summed E-state index contributed by atoms with van der Waals surface area (Å²) in [7, 11) is 0. The van der Waals surface area contributed by atoms with Crippen molar-refractivity contribution in [3.8, 4) is 11.1 Å². The number of hydrogen-bond donors (Lipinski definition) is 1. The Kier molecular flexibility index (Phi) is 22.3. The Balaban J connectivity index is 0.000000327. The van der Waals surface area contributed by atoms with E-state index in [1.165, 1.54) is 0 Å². The smallest absolute Gasteiger partial charge is 0.277 e. The molecule has 0 aliphatic carbocycles. The second-order valence-electron chi connectivity index (χ2n) is 29.7. The van der Waals surface area contributed by atoms with E-state index in [2.05, 4.69) is 0 Å². The summed E-state index contributed by atoms with van der Waals surface area (Å²) in [4.78, 5) is 0. The molecule has 2 N–H and O–H groups in total. The molecule has 1 nitrogen and oxygen atoms in total. The molecule has 0 aliphatic heterocycles. The van der Waals surface area contributed by atoms with Crippen LogP contribution in [0.15, 0.2) is 12.1 Å². The van der Waals surface area contributed by atoms with Gasteiger partial charge in [0, 0.05) is 48.7 Å². The predicted octanol–water partition coefficient (Wildman–Crippen LogP) is 26.4. The third-order valence-electron chi connectivity index (χ3n) is 23.1. The van der Waals surface area contributed by atoms with Gasteiger partial charge in [-0.2, -0.15) is 30.9 Å². The van der Waals surface area contributed by atoms with Gasteiger partial charge in [-0.15, -0.1) is 8.78 Å². The van der Waals surface area contributed by atoms with Crippen molar-refractivity contribution in [1.29, 1.82) is 0 Å². The highest BCUT2D eigenvalue weighted by Gasteiger charge is 2.62. The molecule has 18 aromatic carbocycles.